The number of nitrogens with zero attached hydrogens (tertiary/aromatic N) is 2. The molecule has 1 aromatic rings. The standard InChI is InChI=1S/C18H24N2O4/c1-18(12-21)11-19(9-10-24-13-18)17(23)14-4-6-15(7-5-14)20-8-2-3-16(20)22/h4-7,21H,2-3,8-13H2,1H3. The van der Waals surface area contributed by atoms with Crippen LogP contribution in [0.15, 0.2) is 24.3 Å². The summed E-state index contributed by atoms with van der Waals surface area (Å²) >= 11 is 0. The largest absolute Gasteiger partial charge is 0.396 e. The van der Waals surface area contributed by atoms with Crippen molar-refractivity contribution in [2.45, 2.75) is 19.8 Å². The average Bonchev–Trinajstić information content (AvgIpc) is 2.92. The van der Waals surface area contributed by atoms with E-state index in [4.69, 9.17) is 4.74 Å². The number of benzene rings is 1. The lowest BCUT2D eigenvalue weighted by molar-refractivity contribution is -0.117. The van der Waals surface area contributed by atoms with Crippen LogP contribution < -0.4 is 4.90 Å². The molecule has 2 aliphatic rings. The number of rotatable bonds is 3. The van der Waals surface area contributed by atoms with Crippen LogP contribution in [-0.2, 0) is 9.53 Å². The molecule has 2 saturated heterocycles. The summed E-state index contributed by atoms with van der Waals surface area (Å²) in [4.78, 5) is 28.1. The third-order valence-electron chi connectivity index (χ3n) is 4.70. The zero-order chi connectivity index (χ0) is 17.2. The van der Waals surface area contributed by atoms with Gasteiger partial charge in [0.25, 0.3) is 5.91 Å². The van der Waals surface area contributed by atoms with Gasteiger partial charge < -0.3 is 19.6 Å². The highest BCUT2D eigenvalue weighted by Crippen LogP contribution is 2.24. The van der Waals surface area contributed by atoms with Gasteiger partial charge in [-0.3, -0.25) is 9.59 Å². The minimum atomic E-state index is -0.436. The lowest BCUT2D eigenvalue weighted by atomic mass is 9.92. The average molecular weight is 332 g/mol. The maximum Gasteiger partial charge on any atom is 0.253 e. The predicted octanol–water partition coefficient (Wildman–Crippen LogP) is 1.28. The Balaban J connectivity index is 1.73. The molecule has 1 unspecified atom stereocenters. The van der Waals surface area contributed by atoms with Gasteiger partial charge in [-0.2, -0.15) is 0 Å². The lowest BCUT2D eigenvalue weighted by Crippen LogP contribution is -2.42. The van der Waals surface area contributed by atoms with Crippen LogP contribution >= 0.6 is 0 Å². The summed E-state index contributed by atoms with van der Waals surface area (Å²) in [5.74, 6) is 0.0666. The van der Waals surface area contributed by atoms with E-state index in [2.05, 4.69) is 0 Å². The SMILES string of the molecule is CC1(CO)COCCN(C(=O)c2ccc(N3CCCC3=O)cc2)C1. The van der Waals surface area contributed by atoms with Crippen molar-refractivity contribution in [3.8, 4) is 0 Å². The van der Waals surface area contributed by atoms with Crippen LogP contribution in [0, 0.1) is 5.41 Å². The summed E-state index contributed by atoms with van der Waals surface area (Å²) in [6, 6.07) is 7.20. The zero-order valence-electron chi connectivity index (χ0n) is 14.0. The van der Waals surface area contributed by atoms with Crippen molar-refractivity contribution in [1.82, 2.24) is 4.90 Å². The molecule has 0 spiro atoms. The van der Waals surface area contributed by atoms with Gasteiger partial charge in [0.05, 0.1) is 19.8 Å². The monoisotopic (exact) mass is 332 g/mol. The molecule has 0 radical (unpaired) electrons. The first-order chi connectivity index (χ1) is 11.5. The third kappa shape index (κ3) is 3.44. The maximum atomic E-state index is 12.8. The van der Waals surface area contributed by atoms with Gasteiger partial charge in [0.1, 0.15) is 0 Å². The Labute approximate surface area is 142 Å². The normalized spacial score (nSPS) is 25.0. The van der Waals surface area contributed by atoms with E-state index in [9.17, 15) is 14.7 Å². The minimum absolute atomic E-state index is 0.0210. The smallest absolute Gasteiger partial charge is 0.253 e. The molecule has 3 rings (SSSR count). The van der Waals surface area contributed by atoms with E-state index in [1.165, 1.54) is 0 Å². The minimum Gasteiger partial charge on any atom is -0.396 e. The first-order valence-electron chi connectivity index (χ1n) is 8.41. The summed E-state index contributed by atoms with van der Waals surface area (Å²) in [5.41, 5.74) is 0.995. The topological polar surface area (TPSA) is 70.1 Å². The van der Waals surface area contributed by atoms with E-state index in [1.54, 1.807) is 21.9 Å². The van der Waals surface area contributed by atoms with Gasteiger partial charge in [0.2, 0.25) is 5.91 Å². The Kier molecular flexibility index (Phi) is 4.87. The van der Waals surface area contributed by atoms with Crippen molar-refractivity contribution in [2.75, 3.05) is 44.4 Å². The molecule has 130 valence electrons. The number of aliphatic hydroxyl groups is 1. The van der Waals surface area contributed by atoms with Crippen molar-refractivity contribution < 1.29 is 19.4 Å². The molecule has 0 aromatic heterocycles. The van der Waals surface area contributed by atoms with E-state index in [0.717, 1.165) is 18.7 Å². The Morgan fingerprint density at radius 3 is 2.67 bits per heavy atom. The van der Waals surface area contributed by atoms with Gasteiger partial charge in [0.15, 0.2) is 0 Å². The number of hydrogen-bond donors (Lipinski definition) is 1. The number of amides is 2. The van der Waals surface area contributed by atoms with Crippen LogP contribution in [0.25, 0.3) is 0 Å². The number of ether oxygens (including phenoxy) is 1. The second-order valence-corrected chi connectivity index (χ2v) is 6.94. The number of carbonyl (C=O) groups excluding carboxylic acids is 2. The van der Waals surface area contributed by atoms with Crippen molar-refractivity contribution in [3.63, 3.8) is 0 Å². The summed E-state index contributed by atoms with van der Waals surface area (Å²) in [6.45, 7) is 4.54. The molecule has 0 saturated carbocycles. The quantitative estimate of drug-likeness (QED) is 0.905. The van der Waals surface area contributed by atoms with Crippen LogP contribution in [0.1, 0.15) is 30.1 Å². The highest BCUT2D eigenvalue weighted by atomic mass is 16.5. The molecule has 2 fully saturated rings. The van der Waals surface area contributed by atoms with Crippen molar-refractivity contribution in [2.24, 2.45) is 5.41 Å². The maximum absolute atomic E-state index is 12.8. The number of carbonyl (C=O) groups is 2. The molecule has 6 nitrogen and oxygen atoms in total. The van der Waals surface area contributed by atoms with Gasteiger partial charge >= 0.3 is 0 Å². The van der Waals surface area contributed by atoms with Gasteiger partial charge in [-0.15, -0.1) is 0 Å². The molecule has 2 aliphatic heterocycles. The van der Waals surface area contributed by atoms with E-state index in [-0.39, 0.29) is 18.4 Å². The molecule has 24 heavy (non-hydrogen) atoms. The van der Waals surface area contributed by atoms with Crippen LogP contribution in [0.2, 0.25) is 0 Å². The molecule has 1 aromatic carbocycles. The van der Waals surface area contributed by atoms with Crippen molar-refractivity contribution in [1.29, 1.82) is 0 Å². The predicted molar refractivity (Wildman–Crippen MR) is 89.9 cm³/mol. The van der Waals surface area contributed by atoms with Crippen LogP contribution in [0.4, 0.5) is 5.69 Å². The fraction of sp³-hybridized carbons (Fsp3) is 0.556. The highest BCUT2D eigenvalue weighted by molar-refractivity contribution is 5.97. The molecular weight excluding hydrogens is 308 g/mol. The molecule has 1 atom stereocenters. The Hall–Kier alpha value is -1.92. The Bertz CT molecular complexity index is 616. The van der Waals surface area contributed by atoms with Crippen LogP contribution in [-0.4, -0.2) is 61.3 Å². The number of hydrogen-bond acceptors (Lipinski definition) is 4. The van der Waals surface area contributed by atoms with Gasteiger partial charge in [0, 0.05) is 42.7 Å². The highest BCUT2D eigenvalue weighted by Gasteiger charge is 2.32. The Morgan fingerprint density at radius 1 is 1.29 bits per heavy atom. The molecule has 0 aliphatic carbocycles. The van der Waals surface area contributed by atoms with Crippen LogP contribution in [0.5, 0.6) is 0 Å². The van der Waals surface area contributed by atoms with Crippen molar-refractivity contribution >= 4 is 17.5 Å². The molecule has 0 bridgehead atoms. The molecule has 2 amide bonds. The second-order valence-electron chi connectivity index (χ2n) is 6.94. The summed E-state index contributed by atoms with van der Waals surface area (Å²) in [6.07, 6.45) is 1.47. The molecule has 1 N–H and O–H groups in total. The molecule has 6 heteroatoms. The first kappa shape index (κ1) is 16.9. The van der Waals surface area contributed by atoms with Gasteiger partial charge in [-0.25, -0.2) is 0 Å². The lowest BCUT2D eigenvalue weighted by Gasteiger charge is -2.30. The first-order valence-corrected chi connectivity index (χ1v) is 8.41. The molecular formula is C18H24N2O4. The fourth-order valence-electron chi connectivity index (χ4n) is 3.24. The van der Waals surface area contributed by atoms with Crippen molar-refractivity contribution in [3.05, 3.63) is 29.8 Å². The van der Waals surface area contributed by atoms with Crippen LogP contribution in [0.3, 0.4) is 0 Å². The number of anilines is 1. The van der Waals surface area contributed by atoms with E-state index in [0.29, 0.717) is 38.3 Å². The van der Waals surface area contributed by atoms with Gasteiger partial charge in [-0.05, 0) is 30.7 Å². The molecule has 2 heterocycles. The summed E-state index contributed by atoms with van der Waals surface area (Å²) in [7, 11) is 0. The number of aliphatic hydroxyl groups excluding tert-OH is 1. The van der Waals surface area contributed by atoms with E-state index < -0.39 is 5.41 Å². The van der Waals surface area contributed by atoms with E-state index in [1.807, 2.05) is 19.1 Å². The third-order valence-corrected chi connectivity index (χ3v) is 4.70. The van der Waals surface area contributed by atoms with E-state index >= 15 is 0 Å². The summed E-state index contributed by atoms with van der Waals surface area (Å²) in [5, 5.41) is 9.57. The Morgan fingerprint density at radius 2 is 2.04 bits per heavy atom. The van der Waals surface area contributed by atoms with Gasteiger partial charge in [-0.1, -0.05) is 6.92 Å². The zero-order valence-corrected chi connectivity index (χ0v) is 14.0. The summed E-state index contributed by atoms with van der Waals surface area (Å²) < 4.78 is 5.52. The second kappa shape index (κ2) is 6.91. The fourth-order valence-corrected chi connectivity index (χ4v) is 3.24.